The average molecular weight is 462 g/mol. The quantitative estimate of drug-likeness (QED) is 0.445. The minimum Gasteiger partial charge on any atom is -0.497 e. The van der Waals surface area contributed by atoms with Crippen molar-refractivity contribution >= 4 is 46.2 Å². The van der Waals surface area contributed by atoms with E-state index in [1.807, 2.05) is 6.07 Å². The maximum Gasteiger partial charge on any atom is 0.285 e. The molecule has 158 valence electrons. The molecule has 0 unspecified atom stereocenters. The van der Waals surface area contributed by atoms with Crippen molar-refractivity contribution in [3.8, 4) is 23.1 Å². The van der Waals surface area contributed by atoms with Crippen LogP contribution < -0.4 is 10.2 Å². The summed E-state index contributed by atoms with van der Waals surface area (Å²) in [5.74, 6) is 0.618. The highest BCUT2D eigenvalue weighted by molar-refractivity contribution is 8.26. The van der Waals surface area contributed by atoms with Gasteiger partial charge in [-0.05, 0) is 60.7 Å². The molecule has 0 saturated carbocycles. The van der Waals surface area contributed by atoms with E-state index in [1.165, 1.54) is 7.11 Å². The molecule has 7 nitrogen and oxygen atoms in total. The SMILES string of the molecule is COc1ccc(C(=O)NN2C(=O)/C(=C\c3ccc(-c4ccccc4C#N)o3)SC2=S)cc1. The maximum absolute atomic E-state index is 12.8. The summed E-state index contributed by atoms with van der Waals surface area (Å²) in [6.07, 6.45) is 1.55. The predicted molar refractivity (Wildman–Crippen MR) is 124 cm³/mol. The van der Waals surface area contributed by atoms with Gasteiger partial charge in [-0.15, -0.1) is 0 Å². The van der Waals surface area contributed by atoms with Crippen LogP contribution in [0.4, 0.5) is 0 Å². The summed E-state index contributed by atoms with van der Waals surface area (Å²) in [6.45, 7) is 0. The second-order valence-electron chi connectivity index (χ2n) is 6.55. The Morgan fingerprint density at radius 1 is 1.19 bits per heavy atom. The fourth-order valence-corrected chi connectivity index (χ4v) is 4.13. The molecule has 0 spiro atoms. The van der Waals surface area contributed by atoms with E-state index >= 15 is 0 Å². The zero-order valence-corrected chi connectivity index (χ0v) is 18.3. The number of nitrogens with one attached hydrogen (secondary N) is 1. The van der Waals surface area contributed by atoms with Gasteiger partial charge in [-0.2, -0.15) is 10.3 Å². The molecule has 32 heavy (non-hydrogen) atoms. The van der Waals surface area contributed by atoms with E-state index in [1.54, 1.807) is 60.7 Å². The Bertz CT molecular complexity index is 1290. The number of thiocarbonyl (C=S) groups is 1. The fourth-order valence-electron chi connectivity index (χ4n) is 2.97. The summed E-state index contributed by atoms with van der Waals surface area (Å²) >= 11 is 6.31. The first-order valence-corrected chi connectivity index (χ1v) is 10.5. The van der Waals surface area contributed by atoms with Crippen molar-refractivity contribution in [1.82, 2.24) is 10.4 Å². The van der Waals surface area contributed by atoms with Crippen LogP contribution in [0.1, 0.15) is 21.7 Å². The molecule has 3 aromatic rings. The van der Waals surface area contributed by atoms with Gasteiger partial charge in [0, 0.05) is 17.2 Å². The Balaban J connectivity index is 1.51. The molecule has 1 N–H and O–H groups in total. The molecule has 1 aliphatic heterocycles. The van der Waals surface area contributed by atoms with Crippen molar-refractivity contribution in [2.75, 3.05) is 7.11 Å². The monoisotopic (exact) mass is 461 g/mol. The number of furan rings is 1. The van der Waals surface area contributed by atoms with Crippen molar-refractivity contribution in [1.29, 1.82) is 5.26 Å². The number of hydrazine groups is 1. The molecule has 1 fully saturated rings. The minimum absolute atomic E-state index is 0.199. The summed E-state index contributed by atoms with van der Waals surface area (Å²) in [7, 11) is 1.53. The first-order valence-electron chi connectivity index (χ1n) is 9.32. The zero-order chi connectivity index (χ0) is 22.7. The number of hydrogen-bond acceptors (Lipinski definition) is 7. The van der Waals surface area contributed by atoms with Crippen LogP contribution >= 0.6 is 24.0 Å². The zero-order valence-electron chi connectivity index (χ0n) is 16.7. The van der Waals surface area contributed by atoms with E-state index in [-0.39, 0.29) is 4.32 Å². The van der Waals surface area contributed by atoms with E-state index in [0.717, 1.165) is 16.8 Å². The normalized spacial score (nSPS) is 14.5. The molecular formula is C23H15N3O4S2. The Hall–Kier alpha value is -3.87. The average Bonchev–Trinajstić information content (AvgIpc) is 3.39. The molecule has 0 atom stereocenters. The summed E-state index contributed by atoms with van der Waals surface area (Å²) < 4.78 is 11.1. The molecule has 9 heteroatoms. The van der Waals surface area contributed by atoms with Gasteiger partial charge in [-0.1, -0.05) is 23.9 Å². The van der Waals surface area contributed by atoms with Crippen LogP contribution in [0.5, 0.6) is 5.75 Å². The minimum atomic E-state index is -0.474. The van der Waals surface area contributed by atoms with E-state index in [2.05, 4.69) is 11.5 Å². The molecule has 2 aromatic carbocycles. The summed E-state index contributed by atoms with van der Waals surface area (Å²) in [5.41, 5.74) is 4.03. The lowest BCUT2D eigenvalue weighted by atomic mass is 10.1. The van der Waals surface area contributed by atoms with Gasteiger partial charge in [-0.3, -0.25) is 15.0 Å². The van der Waals surface area contributed by atoms with Crippen LogP contribution in [-0.4, -0.2) is 28.3 Å². The Labute approximate surface area is 193 Å². The lowest BCUT2D eigenvalue weighted by Crippen LogP contribution is -2.44. The van der Waals surface area contributed by atoms with Crippen LogP contribution in [0.3, 0.4) is 0 Å². The molecule has 1 saturated heterocycles. The number of nitrogens with zero attached hydrogens (tertiary/aromatic N) is 2. The van der Waals surface area contributed by atoms with Crippen LogP contribution in [0.15, 0.2) is 70.0 Å². The van der Waals surface area contributed by atoms with Crippen molar-refractivity contribution in [2.24, 2.45) is 0 Å². The first-order chi connectivity index (χ1) is 15.5. The maximum atomic E-state index is 12.8. The molecule has 2 amide bonds. The molecule has 0 aliphatic carbocycles. The lowest BCUT2D eigenvalue weighted by molar-refractivity contribution is -0.123. The van der Waals surface area contributed by atoms with Crippen molar-refractivity contribution < 1.29 is 18.7 Å². The third-order valence-electron chi connectivity index (χ3n) is 4.57. The summed E-state index contributed by atoms with van der Waals surface area (Å²) in [4.78, 5) is 25.6. The van der Waals surface area contributed by atoms with Crippen LogP contribution in [-0.2, 0) is 4.79 Å². The fraction of sp³-hybridized carbons (Fsp3) is 0.0435. The van der Waals surface area contributed by atoms with Gasteiger partial charge in [0.15, 0.2) is 4.32 Å². The van der Waals surface area contributed by atoms with E-state index < -0.39 is 11.8 Å². The van der Waals surface area contributed by atoms with Gasteiger partial charge in [0.25, 0.3) is 11.8 Å². The van der Waals surface area contributed by atoms with Gasteiger partial charge >= 0.3 is 0 Å². The summed E-state index contributed by atoms with van der Waals surface area (Å²) in [6, 6.07) is 19.1. The number of ether oxygens (including phenoxy) is 1. The highest BCUT2D eigenvalue weighted by Crippen LogP contribution is 2.33. The predicted octanol–water partition coefficient (Wildman–Crippen LogP) is 4.37. The Morgan fingerprint density at radius 3 is 2.66 bits per heavy atom. The van der Waals surface area contributed by atoms with Gasteiger partial charge in [-0.25, -0.2) is 0 Å². The second-order valence-corrected chi connectivity index (χ2v) is 8.22. The molecule has 4 rings (SSSR count). The highest BCUT2D eigenvalue weighted by Gasteiger charge is 2.34. The number of carbonyl (C=O) groups excluding carboxylic acids is 2. The van der Waals surface area contributed by atoms with Crippen LogP contribution in [0.25, 0.3) is 17.4 Å². The number of thioether (sulfide) groups is 1. The topological polar surface area (TPSA) is 95.6 Å². The first kappa shape index (κ1) is 21.4. The smallest absolute Gasteiger partial charge is 0.285 e. The molecule has 1 aromatic heterocycles. The standard InChI is InChI=1S/C23H15N3O4S2/c1-29-16-8-6-14(7-9-16)21(27)25-26-22(28)20(32-23(26)31)12-17-10-11-19(30-17)18-5-3-2-4-15(18)13-24/h2-12H,1H3,(H,25,27)/b20-12+. The van der Waals surface area contributed by atoms with Crippen molar-refractivity contribution in [2.45, 2.75) is 0 Å². The molecule has 0 bridgehead atoms. The van der Waals surface area contributed by atoms with E-state index in [9.17, 15) is 14.9 Å². The Kier molecular flexibility index (Phi) is 6.07. The van der Waals surface area contributed by atoms with E-state index in [4.69, 9.17) is 21.4 Å². The van der Waals surface area contributed by atoms with Gasteiger partial charge in [0.05, 0.1) is 23.6 Å². The third kappa shape index (κ3) is 4.27. The number of rotatable bonds is 5. The van der Waals surface area contributed by atoms with Gasteiger partial charge in [0.2, 0.25) is 0 Å². The number of benzene rings is 2. The highest BCUT2D eigenvalue weighted by atomic mass is 32.2. The van der Waals surface area contributed by atoms with Crippen LogP contribution in [0, 0.1) is 11.3 Å². The number of hydrogen-bond donors (Lipinski definition) is 1. The number of nitriles is 1. The van der Waals surface area contributed by atoms with Crippen molar-refractivity contribution in [3.05, 3.63) is 82.5 Å². The third-order valence-corrected chi connectivity index (χ3v) is 5.87. The second kappa shape index (κ2) is 9.09. The number of methoxy groups -OCH3 is 1. The molecule has 0 radical (unpaired) electrons. The molecule has 2 heterocycles. The molecule has 1 aliphatic rings. The largest absolute Gasteiger partial charge is 0.497 e. The van der Waals surface area contributed by atoms with E-state index in [0.29, 0.717) is 38.9 Å². The van der Waals surface area contributed by atoms with Gasteiger partial charge < -0.3 is 9.15 Å². The van der Waals surface area contributed by atoms with Gasteiger partial charge in [0.1, 0.15) is 17.3 Å². The molecular weight excluding hydrogens is 446 g/mol. The number of amides is 2. The van der Waals surface area contributed by atoms with Crippen molar-refractivity contribution in [3.63, 3.8) is 0 Å². The van der Waals surface area contributed by atoms with Crippen LogP contribution in [0.2, 0.25) is 0 Å². The summed E-state index contributed by atoms with van der Waals surface area (Å²) in [5, 5.41) is 10.3. The Morgan fingerprint density at radius 2 is 1.94 bits per heavy atom. The lowest BCUT2D eigenvalue weighted by Gasteiger charge is -2.15. The number of carbonyl (C=O) groups is 2.